The topological polar surface area (TPSA) is 53.9 Å². The van der Waals surface area contributed by atoms with E-state index >= 15 is 0 Å². The van der Waals surface area contributed by atoms with Crippen LogP contribution in [0.15, 0.2) is 71.5 Å². The van der Waals surface area contributed by atoms with Crippen LogP contribution in [0.2, 0.25) is 0 Å². The normalized spacial score (nSPS) is 14.7. The first-order chi connectivity index (χ1) is 14.0. The van der Waals surface area contributed by atoms with Gasteiger partial charge >= 0.3 is 18.4 Å². The highest BCUT2D eigenvalue weighted by Gasteiger charge is 2.38. The van der Waals surface area contributed by atoms with E-state index in [-0.39, 0.29) is 18.0 Å². The molecular weight excluding hydrogens is 416 g/mol. The van der Waals surface area contributed by atoms with Gasteiger partial charge in [0.2, 0.25) is 0 Å². The van der Waals surface area contributed by atoms with Crippen molar-refractivity contribution in [1.29, 1.82) is 0 Å². The number of para-hydroxylation sites is 1. The van der Waals surface area contributed by atoms with Crippen LogP contribution < -0.4 is 15.0 Å². The number of anilines is 2. The maximum Gasteiger partial charge on any atom is 0.482 e. The summed E-state index contributed by atoms with van der Waals surface area (Å²) in [7, 11) is 0. The summed E-state index contributed by atoms with van der Waals surface area (Å²) < 4.78 is 81.5. The van der Waals surface area contributed by atoms with Crippen molar-refractivity contribution >= 4 is 23.1 Å². The fourth-order valence-corrected chi connectivity index (χ4v) is 2.53. The van der Waals surface area contributed by atoms with Crippen molar-refractivity contribution in [3.8, 4) is 5.75 Å². The second kappa shape index (κ2) is 8.09. The van der Waals surface area contributed by atoms with E-state index in [1.54, 1.807) is 30.3 Å². The number of allylic oxidation sites excluding steroid dienone is 1. The first kappa shape index (κ1) is 21.2. The van der Waals surface area contributed by atoms with Gasteiger partial charge < -0.3 is 9.64 Å². The van der Waals surface area contributed by atoms with Gasteiger partial charge in [0, 0.05) is 17.6 Å². The highest BCUT2D eigenvalue weighted by Crippen LogP contribution is 2.31. The summed E-state index contributed by atoms with van der Waals surface area (Å²) in [6.07, 6.45) is -8.66. The molecule has 1 aliphatic heterocycles. The first-order valence-electron chi connectivity index (χ1n) is 8.37. The number of benzene rings is 2. The molecule has 30 heavy (non-hydrogen) atoms. The summed E-state index contributed by atoms with van der Waals surface area (Å²) in [6, 6.07) is 12.2. The van der Waals surface area contributed by atoms with Gasteiger partial charge in [0.1, 0.15) is 11.5 Å². The summed E-state index contributed by atoms with van der Waals surface area (Å²) in [5.41, 5.74) is -1.68. The van der Waals surface area contributed by atoms with Crippen molar-refractivity contribution in [1.82, 2.24) is 0 Å². The molecule has 0 fully saturated rings. The molecule has 0 bridgehead atoms. The van der Waals surface area contributed by atoms with Gasteiger partial charge in [0.05, 0.1) is 6.54 Å². The predicted octanol–water partition coefficient (Wildman–Crippen LogP) is 4.89. The zero-order chi connectivity index (χ0) is 21.9. The molecule has 11 heteroatoms. The molecule has 1 N–H and O–H groups in total. The number of nitrogens with zero attached hydrogens (tertiary/aromatic N) is 2. The molecule has 1 aliphatic rings. The van der Waals surface area contributed by atoms with Gasteiger partial charge in [-0.25, -0.2) is 9.79 Å². The molecule has 0 spiro atoms. The third kappa shape index (κ3) is 5.52. The summed E-state index contributed by atoms with van der Waals surface area (Å²) in [6.45, 7) is -0.282. The van der Waals surface area contributed by atoms with Crippen LogP contribution in [-0.2, 0) is 4.79 Å². The maximum absolute atomic E-state index is 13.2. The van der Waals surface area contributed by atoms with E-state index in [1.807, 2.05) is 0 Å². The van der Waals surface area contributed by atoms with Crippen molar-refractivity contribution in [3.63, 3.8) is 0 Å². The van der Waals surface area contributed by atoms with Crippen LogP contribution in [0.4, 0.5) is 37.7 Å². The summed E-state index contributed by atoms with van der Waals surface area (Å²) in [5, 5.41) is 1.27. The Morgan fingerprint density at radius 2 is 1.60 bits per heavy atom. The summed E-state index contributed by atoms with van der Waals surface area (Å²) in [5.74, 6) is -1.30. The molecule has 3 rings (SSSR count). The van der Waals surface area contributed by atoms with E-state index in [0.29, 0.717) is 5.69 Å². The zero-order valence-corrected chi connectivity index (χ0v) is 15.0. The van der Waals surface area contributed by atoms with Gasteiger partial charge in [-0.15, -0.1) is 0 Å². The number of carbonyl (C=O) groups is 1. The van der Waals surface area contributed by atoms with Crippen molar-refractivity contribution in [2.45, 2.75) is 12.5 Å². The largest absolute Gasteiger partial charge is 0.482 e. The van der Waals surface area contributed by atoms with Gasteiger partial charge in [-0.1, -0.05) is 18.2 Å². The Bertz CT molecular complexity index is 967. The Labute approximate surface area is 166 Å². The number of esters is 1. The molecule has 2 aromatic carbocycles. The number of alkyl halides is 6. The molecule has 158 valence electrons. The van der Waals surface area contributed by atoms with Gasteiger partial charge in [-0.05, 0) is 36.4 Å². The van der Waals surface area contributed by atoms with Crippen LogP contribution >= 0.6 is 0 Å². The second-order valence-electron chi connectivity index (χ2n) is 6.07. The minimum absolute atomic E-state index is 0.148. The molecule has 1 heterocycles. The molecule has 0 atom stereocenters. The predicted molar refractivity (Wildman–Crippen MR) is 97.1 cm³/mol. The first-order valence-corrected chi connectivity index (χ1v) is 8.37. The molecule has 0 unspecified atom stereocenters. The van der Waals surface area contributed by atoms with Crippen LogP contribution in [-0.4, -0.2) is 30.7 Å². The minimum atomic E-state index is -4.80. The number of hydrogen-bond acceptors (Lipinski definition) is 5. The molecule has 2 aromatic rings. The maximum atomic E-state index is 13.2. The quantitative estimate of drug-likeness (QED) is 0.326. The van der Waals surface area contributed by atoms with E-state index in [9.17, 15) is 31.1 Å². The fraction of sp³-hybridized carbons (Fsp3) is 0.158. The third-order valence-corrected chi connectivity index (χ3v) is 3.82. The summed E-state index contributed by atoms with van der Waals surface area (Å²) >= 11 is 0. The molecule has 0 aliphatic carbocycles. The van der Waals surface area contributed by atoms with E-state index in [0.717, 1.165) is 30.5 Å². The number of rotatable bonds is 4. The van der Waals surface area contributed by atoms with Crippen LogP contribution in [0.1, 0.15) is 0 Å². The molecule has 0 aromatic heterocycles. The van der Waals surface area contributed by atoms with E-state index in [2.05, 4.69) is 4.99 Å². The zero-order valence-electron chi connectivity index (χ0n) is 15.0. The van der Waals surface area contributed by atoms with E-state index in [4.69, 9.17) is 4.74 Å². The number of halogens is 6. The van der Waals surface area contributed by atoms with Gasteiger partial charge in [0.15, 0.2) is 5.70 Å². The molecule has 0 saturated heterocycles. The van der Waals surface area contributed by atoms with Crippen molar-refractivity contribution in [3.05, 3.63) is 66.5 Å². The van der Waals surface area contributed by atoms with Gasteiger partial charge in [-0.3, -0.25) is 5.32 Å². The molecule has 5 nitrogen and oxygen atoms in total. The van der Waals surface area contributed by atoms with Crippen LogP contribution in [0, 0.1) is 0 Å². The van der Waals surface area contributed by atoms with Gasteiger partial charge in [0.25, 0.3) is 0 Å². The Hall–Kier alpha value is -3.50. The Kier molecular flexibility index (Phi) is 5.72. The van der Waals surface area contributed by atoms with Crippen molar-refractivity contribution in [2.75, 3.05) is 16.8 Å². The minimum Gasteiger partial charge on any atom is -0.422 e. The van der Waals surface area contributed by atoms with Crippen molar-refractivity contribution in [2.24, 2.45) is 4.99 Å². The van der Waals surface area contributed by atoms with E-state index in [1.165, 1.54) is 10.2 Å². The molecular formula is C19H13F6N3O2. The monoisotopic (exact) mass is 429 g/mol. The number of ether oxygens (including phenoxy) is 1. The number of carbonyl (C=O) groups excluding carboxylic acids is 1. The number of nitrogens with one attached hydrogen (secondary N) is 1. The third-order valence-electron chi connectivity index (χ3n) is 3.82. The number of aliphatic imine (C=N–C) groups is 1. The van der Waals surface area contributed by atoms with Crippen LogP contribution in [0.25, 0.3) is 0 Å². The lowest BCUT2D eigenvalue weighted by Crippen LogP contribution is -2.37. The average Bonchev–Trinajstić information content (AvgIpc) is 2.68. The smallest absolute Gasteiger partial charge is 0.422 e. The molecule has 0 amide bonds. The molecule has 0 saturated carbocycles. The van der Waals surface area contributed by atoms with Crippen molar-refractivity contribution < 1.29 is 35.9 Å². The highest BCUT2D eigenvalue weighted by atomic mass is 19.4. The lowest BCUT2D eigenvalue weighted by atomic mass is 10.2. The fourth-order valence-electron chi connectivity index (χ4n) is 2.53. The lowest BCUT2D eigenvalue weighted by molar-refractivity contribution is -0.127. The van der Waals surface area contributed by atoms with Gasteiger partial charge in [-0.2, -0.15) is 26.3 Å². The molecule has 0 radical (unpaired) electrons. The summed E-state index contributed by atoms with van der Waals surface area (Å²) in [4.78, 5) is 16.9. The van der Waals surface area contributed by atoms with Crippen LogP contribution in [0.5, 0.6) is 5.75 Å². The lowest BCUT2D eigenvalue weighted by Gasteiger charge is -2.26. The van der Waals surface area contributed by atoms with Crippen LogP contribution in [0.3, 0.4) is 0 Å². The highest BCUT2D eigenvalue weighted by molar-refractivity contribution is 6.39. The Morgan fingerprint density at radius 3 is 2.17 bits per heavy atom. The average molecular weight is 429 g/mol. The Balaban J connectivity index is 1.79. The Morgan fingerprint density at radius 1 is 0.967 bits per heavy atom. The number of hydrogen-bond donors (Lipinski definition) is 1. The SMILES string of the molecule is O=C(Oc1ccc(NC(F)(F)F)cc1)C1=NC(C(F)(F)F)=CN(c2ccccc2)C1. The second-order valence-corrected chi connectivity index (χ2v) is 6.07. The standard InChI is InChI=1S/C19H13F6N3O2/c20-18(21,22)16-11-28(13-4-2-1-3-5-13)10-15(26-16)17(29)30-14-8-6-12(7-9-14)27-19(23,24)25/h1-9,11,27H,10H2. The van der Waals surface area contributed by atoms with E-state index < -0.39 is 29.9 Å².